The summed E-state index contributed by atoms with van der Waals surface area (Å²) in [7, 11) is 0. The van der Waals surface area contributed by atoms with E-state index in [2.05, 4.69) is 37.9 Å². The van der Waals surface area contributed by atoms with E-state index in [9.17, 15) is 0 Å². The van der Waals surface area contributed by atoms with Gasteiger partial charge in [-0.25, -0.2) is 0 Å². The average Bonchev–Trinajstić information content (AvgIpc) is 2.28. The van der Waals surface area contributed by atoms with E-state index in [1.165, 1.54) is 32.1 Å². The van der Waals surface area contributed by atoms with E-state index < -0.39 is 0 Å². The van der Waals surface area contributed by atoms with Crippen LogP contribution in [0.1, 0.15) is 66.2 Å². The second-order valence-corrected chi connectivity index (χ2v) is 4.47. The first-order chi connectivity index (χ1) is 7.79. The second kappa shape index (κ2) is 11.0. The van der Waals surface area contributed by atoms with E-state index in [4.69, 9.17) is 0 Å². The lowest BCUT2D eigenvalue weighted by Gasteiger charge is -2.27. The van der Waals surface area contributed by atoms with Gasteiger partial charge in [0.15, 0.2) is 0 Å². The smallest absolute Gasteiger partial charge is 0.0104 e. The fourth-order valence-electron chi connectivity index (χ4n) is 2.41. The first kappa shape index (κ1) is 15.5. The summed E-state index contributed by atoms with van der Waals surface area (Å²) in [4.78, 5) is 0. The maximum Gasteiger partial charge on any atom is 0.0104 e. The van der Waals surface area contributed by atoms with Gasteiger partial charge in [0, 0.05) is 12.5 Å². The Morgan fingerprint density at radius 3 is 2.06 bits per heavy atom. The van der Waals surface area contributed by atoms with Crippen LogP contribution in [0, 0.1) is 17.8 Å². The standard InChI is InChI=1S/C15H29N/c1-5-9-10-13-15(16-8-4)14(11-6-2)12-7-3/h14-16H,6-8,10-13H2,1-4H3. The van der Waals surface area contributed by atoms with Crippen molar-refractivity contribution in [2.24, 2.45) is 5.92 Å². The average molecular weight is 223 g/mol. The van der Waals surface area contributed by atoms with Gasteiger partial charge in [0.1, 0.15) is 0 Å². The van der Waals surface area contributed by atoms with Crippen LogP contribution < -0.4 is 5.32 Å². The van der Waals surface area contributed by atoms with Gasteiger partial charge in [-0.05, 0) is 38.6 Å². The molecule has 0 rings (SSSR count). The largest absolute Gasteiger partial charge is 0.314 e. The molecule has 0 heterocycles. The summed E-state index contributed by atoms with van der Waals surface area (Å²) in [5.74, 6) is 7.02. The second-order valence-electron chi connectivity index (χ2n) is 4.47. The predicted molar refractivity (Wildman–Crippen MR) is 73.5 cm³/mol. The van der Waals surface area contributed by atoms with E-state index in [1.807, 2.05) is 6.92 Å². The number of rotatable bonds is 9. The van der Waals surface area contributed by atoms with Crippen molar-refractivity contribution >= 4 is 0 Å². The van der Waals surface area contributed by atoms with Gasteiger partial charge in [-0.15, -0.1) is 11.8 Å². The molecular formula is C15H29N. The van der Waals surface area contributed by atoms with Crippen LogP contribution in [0.25, 0.3) is 0 Å². The molecule has 1 N–H and O–H groups in total. The summed E-state index contributed by atoms with van der Waals surface area (Å²) in [5, 5.41) is 3.64. The van der Waals surface area contributed by atoms with Gasteiger partial charge in [0.05, 0.1) is 0 Å². The Balaban J connectivity index is 4.22. The summed E-state index contributed by atoms with van der Waals surface area (Å²) in [5.41, 5.74) is 0. The molecule has 0 aliphatic carbocycles. The van der Waals surface area contributed by atoms with Crippen LogP contribution in [0.15, 0.2) is 0 Å². The molecule has 94 valence electrons. The zero-order valence-electron chi connectivity index (χ0n) is 11.6. The predicted octanol–water partition coefficient (Wildman–Crippen LogP) is 3.98. The van der Waals surface area contributed by atoms with Crippen molar-refractivity contribution in [1.29, 1.82) is 0 Å². The van der Waals surface area contributed by atoms with Gasteiger partial charge in [0.2, 0.25) is 0 Å². The van der Waals surface area contributed by atoms with E-state index in [1.54, 1.807) is 0 Å². The first-order valence-corrected chi connectivity index (χ1v) is 6.93. The minimum atomic E-state index is 0.672. The maximum absolute atomic E-state index is 3.64. The number of nitrogens with one attached hydrogen (secondary N) is 1. The first-order valence-electron chi connectivity index (χ1n) is 6.93. The molecule has 1 unspecified atom stereocenters. The molecule has 0 radical (unpaired) electrons. The molecule has 0 aromatic carbocycles. The Morgan fingerprint density at radius 1 is 1.00 bits per heavy atom. The molecule has 0 aliphatic heterocycles. The fourth-order valence-corrected chi connectivity index (χ4v) is 2.41. The maximum atomic E-state index is 3.64. The lowest BCUT2D eigenvalue weighted by molar-refractivity contribution is 0.302. The van der Waals surface area contributed by atoms with Crippen LogP contribution in [0.5, 0.6) is 0 Å². The summed E-state index contributed by atoms with van der Waals surface area (Å²) in [6, 6.07) is 0.672. The summed E-state index contributed by atoms with van der Waals surface area (Å²) in [6.07, 6.45) is 7.55. The van der Waals surface area contributed by atoms with Gasteiger partial charge >= 0.3 is 0 Å². The van der Waals surface area contributed by atoms with Gasteiger partial charge in [0.25, 0.3) is 0 Å². The number of hydrogen-bond acceptors (Lipinski definition) is 1. The highest BCUT2D eigenvalue weighted by molar-refractivity contribution is 4.96. The highest BCUT2D eigenvalue weighted by Crippen LogP contribution is 2.21. The fraction of sp³-hybridized carbons (Fsp3) is 0.867. The van der Waals surface area contributed by atoms with E-state index in [0.717, 1.165) is 18.9 Å². The molecule has 0 aromatic heterocycles. The Kier molecular flexibility index (Phi) is 10.7. The molecule has 0 bridgehead atoms. The van der Waals surface area contributed by atoms with Crippen LogP contribution in [-0.2, 0) is 0 Å². The number of hydrogen-bond donors (Lipinski definition) is 1. The normalized spacial score (nSPS) is 12.3. The monoisotopic (exact) mass is 223 g/mol. The molecular weight excluding hydrogens is 194 g/mol. The summed E-state index contributed by atoms with van der Waals surface area (Å²) in [6.45, 7) is 9.79. The van der Waals surface area contributed by atoms with Crippen molar-refractivity contribution in [3.8, 4) is 11.8 Å². The molecule has 0 saturated carbocycles. The molecule has 1 atom stereocenters. The molecule has 0 amide bonds. The van der Waals surface area contributed by atoms with Gasteiger partial charge in [-0.1, -0.05) is 33.6 Å². The Morgan fingerprint density at radius 2 is 1.62 bits per heavy atom. The zero-order valence-corrected chi connectivity index (χ0v) is 11.6. The molecule has 0 spiro atoms. The minimum Gasteiger partial charge on any atom is -0.314 e. The summed E-state index contributed by atoms with van der Waals surface area (Å²) < 4.78 is 0. The molecule has 0 saturated heterocycles. The van der Waals surface area contributed by atoms with Gasteiger partial charge in [-0.2, -0.15) is 0 Å². The van der Waals surface area contributed by atoms with Crippen molar-refractivity contribution in [3.05, 3.63) is 0 Å². The lowest BCUT2D eigenvalue weighted by atomic mass is 9.88. The third kappa shape index (κ3) is 6.90. The van der Waals surface area contributed by atoms with Crippen LogP contribution in [0.3, 0.4) is 0 Å². The van der Waals surface area contributed by atoms with E-state index >= 15 is 0 Å². The van der Waals surface area contributed by atoms with Crippen LogP contribution in [-0.4, -0.2) is 12.6 Å². The topological polar surface area (TPSA) is 12.0 Å². The minimum absolute atomic E-state index is 0.672. The lowest BCUT2D eigenvalue weighted by Crippen LogP contribution is -2.36. The van der Waals surface area contributed by atoms with Crippen molar-refractivity contribution in [2.75, 3.05) is 6.54 Å². The SMILES string of the molecule is CC#CCCC(NCC)C(CCC)CCC. The zero-order chi connectivity index (χ0) is 12.2. The Hall–Kier alpha value is -0.480. The molecule has 1 heteroatoms. The molecule has 1 nitrogen and oxygen atoms in total. The molecule has 16 heavy (non-hydrogen) atoms. The Bertz CT molecular complexity index is 193. The van der Waals surface area contributed by atoms with Crippen LogP contribution in [0.2, 0.25) is 0 Å². The van der Waals surface area contributed by atoms with Crippen LogP contribution in [0.4, 0.5) is 0 Å². The van der Waals surface area contributed by atoms with Gasteiger partial charge < -0.3 is 5.32 Å². The van der Waals surface area contributed by atoms with E-state index in [-0.39, 0.29) is 0 Å². The Labute approximate surface area is 102 Å². The molecule has 0 aliphatic rings. The quantitative estimate of drug-likeness (QED) is 0.583. The third-order valence-corrected chi connectivity index (χ3v) is 3.11. The summed E-state index contributed by atoms with van der Waals surface area (Å²) >= 11 is 0. The van der Waals surface area contributed by atoms with Crippen molar-refractivity contribution < 1.29 is 0 Å². The van der Waals surface area contributed by atoms with Crippen molar-refractivity contribution in [2.45, 2.75) is 72.3 Å². The van der Waals surface area contributed by atoms with Crippen molar-refractivity contribution in [3.63, 3.8) is 0 Å². The highest BCUT2D eigenvalue weighted by Gasteiger charge is 2.18. The highest BCUT2D eigenvalue weighted by atomic mass is 14.9. The van der Waals surface area contributed by atoms with E-state index in [0.29, 0.717) is 6.04 Å². The molecule has 0 fully saturated rings. The molecule has 0 aromatic rings. The van der Waals surface area contributed by atoms with Gasteiger partial charge in [-0.3, -0.25) is 0 Å². The van der Waals surface area contributed by atoms with Crippen molar-refractivity contribution in [1.82, 2.24) is 5.32 Å². The van der Waals surface area contributed by atoms with Crippen LogP contribution >= 0.6 is 0 Å². The third-order valence-electron chi connectivity index (χ3n) is 3.11.